The predicted molar refractivity (Wildman–Crippen MR) is 112 cm³/mol. The minimum atomic E-state index is -2.14. The molecule has 148 valence electrons. The first-order chi connectivity index (χ1) is 13.9. The van der Waals surface area contributed by atoms with Crippen LogP contribution < -0.4 is 0 Å². The van der Waals surface area contributed by atoms with E-state index in [-0.39, 0.29) is 17.7 Å². The molecular formula is C23H18Cl2O4. The minimum absolute atomic E-state index is 0.213. The van der Waals surface area contributed by atoms with Crippen LogP contribution in [0.1, 0.15) is 22.6 Å². The molecule has 29 heavy (non-hydrogen) atoms. The lowest BCUT2D eigenvalue weighted by Gasteiger charge is -2.28. The summed E-state index contributed by atoms with van der Waals surface area (Å²) in [5.74, 6) is -1.58. The summed E-state index contributed by atoms with van der Waals surface area (Å²) < 4.78 is 5.40. The van der Waals surface area contributed by atoms with E-state index in [2.05, 4.69) is 0 Å². The van der Waals surface area contributed by atoms with Crippen molar-refractivity contribution in [1.82, 2.24) is 0 Å². The van der Waals surface area contributed by atoms with Crippen LogP contribution in [0, 0.1) is 0 Å². The van der Waals surface area contributed by atoms with Gasteiger partial charge in [0.05, 0.1) is 5.92 Å². The molecule has 0 aromatic heterocycles. The summed E-state index contributed by atoms with van der Waals surface area (Å²) in [5, 5.41) is 12.2. The topological polar surface area (TPSA) is 63.6 Å². The molecule has 0 amide bonds. The number of esters is 1. The third-order valence-corrected chi connectivity index (χ3v) is 5.04. The van der Waals surface area contributed by atoms with Gasteiger partial charge in [-0.05, 0) is 29.8 Å². The number of halogens is 2. The van der Waals surface area contributed by atoms with Gasteiger partial charge in [-0.2, -0.15) is 0 Å². The number of rotatable bonds is 7. The van der Waals surface area contributed by atoms with Crippen LogP contribution in [-0.2, 0) is 19.9 Å². The van der Waals surface area contributed by atoms with Crippen LogP contribution in [0.5, 0.6) is 0 Å². The Labute approximate surface area is 178 Å². The second-order valence-corrected chi connectivity index (χ2v) is 7.36. The van der Waals surface area contributed by atoms with Gasteiger partial charge >= 0.3 is 5.97 Å². The molecule has 1 atom stereocenters. The van der Waals surface area contributed by atoms with E-state index < -0.39 is 17.5 Å². The molecule has 0 radical (unpaired) electrons. The number of carbonyl (C=O) groups is 2. The van der Waals surface area contributed by atoms with E-state index in [0.29, 0.717) is 21.9 Å². The van der Waals surface area contributed by atoms with E-state index >= 15 is 0 Å². The number of hydrogen-bond acceptors (Lipinski definition) is 4. The number of hydrogen-bond donors (Lipinski definition) is 1. The normalized spacial score (nSPS) is 12.2. The van der Waals surface area contributed by atoms with E-state index in [0.717, 1.165) is 0 Å². The average molecular weight is 429 g/mol. The number of aldehydes is 1. The first-order valence-corrected chi connectivity index (χ1v) is 9.62. The molecule has 0 aliphatic rings. The zero-order valence-electron chi connectivity index (χ0n) is 15.3. The Balaban J connectivity index is 1.94. The molecule has 0 saturated heterocycles. The van der Waals surface area contributed by atoms with Crippen molar-refractivity contribution < 1.29 is 19.4 Å². The van der Waals surface area contributed by atoms with Crippen molar-refractivity contribution in [2.75, 3.05) is 6.61 Å². The molecule has 0 saturated carbocycles. The van der Waals surface area contributed by atoms with Gasteiger partial charge in [0.15, 0.2) is 0 Å². The average Bonchev–Trinajstić information content (AvgIpc) is 2.74. The monoisotopic (exact) mass is 428 g/mol. The van der Waals surface area contributed by atoms with Gasteiger partial charge in [0.2, 0.25) is 5.60 Å². The standard InChI is InChI=1S/C23H18Cl2O4/c24-20-10-4-8-18(12-20)23(28,19-9-5-11-21(25)13-19)22(27)29-15-17(14-26)16-6-2-1-3-7-16/h1-14,17,28H,15H2. The molecule has 6 heteroatoms. The molecule has 0 fully saturated rings. The van der Waals surface area contributed by atoms with E-state index in [1.165, 1.54) is 12.1 Å². The highest BCUT2D eigenvalue weighted by Gasteiger charge is 2.42. The lowest BCUT2D eigenvalue weighted by atomic mass is 9.86. The fourth-order valence-corrected chi connectivity index (χ4v) is 3.39. The zero-order valence-corrected chi connectivity index (χ0v) is 16.8. The second kappa shape index (κ2) is 9.23. The lowest BCUT2D eigenvalue weighted by molar-refractivity contribution is -0.162. The van der Waals surface area contributed by atoms with E-state index in [1.807, 2.05) is 6.07 Å². The smallest absolute Gasteiger partial charge is 0.347 e. The van der Waals surface area contributed by atoms with E-state index in [9.17, 15) is 14.7 Å². The maximum atomic E-state index is 13.1. The Kier molecular flexibility index (Phi) is 6.70. The van der Waals surface area contributed by atoms with Crippen molar-refractivity contribution in [3.8, 4) is 0 Å². The van der Waals surface area contributed by atoms with Gasteiger partial charge in [-0.25, -0.2) is 4.79 Å². The highest BCUT2D eigenvalue weighted by Crippen LogP contribution is 2.34. The van der Waals surface area contributed by atoms with Gasteiger partial charge in [0.1, 0.15) is 12.9 Å². The van der Waals surface area contributed by atoms with E-state index in [1.54, 1.807) is 60.7 Å². The molecule has 0 aliphatic heterocycles. The summed E-state index contributed by atoms with van der Waals surface area (Å²) in [6.45, 7) is -0.213. The summed E-state index contributed by atoms with van der Waals surface area (Å²) in [6, 6.07) is 21.6. The highest BCUT2D eigenvalue weighted by atomic mass is 35.5. The van der Waals surface area contributed by atoms with Crippen LogP contribution >= 0.6 is 23.2 Å². The maximum Gasteiger partial charge on any atom is 0.347 e. The first-order valence-electron chi connectivity index (χ1n) is 8.87. The molecule has 3 aromatic carbocycles. The molecule has 1 unspecified atom stereocenters. The van der Waals surface area contributed by atoms with Gasteiger partial charge < -0.3 is 14.6 Å². The van der Waals surface area contributed by atoms with Crippen LogP contribution in [0.3, 0.4) is 0 Å². The first kappa shape index (κ1) is 21.1. The van der Waals surface area contributed by atoms with Gasteiger partial charge in [-0.15, -0.1) is 0 Å². The fourth-order valence-electron chi connectivity index (χ4n) is 3.01. The Morgan fingerprint density at radius 2 is 1.48 bits per heavy atom. The van der Waals surface area contributed by atoms with Crippen molar-refractivity contribution >= 4 is 35.5 Å². The Morgan fingerprint density at radius 1 is 0.931 bits per heavy atom. The second-order valence-electron chi connectivity index (χ2n) is 6.48. The number of carbonyl (C=O) groups excluding carboxylic acids is 2. The third-order valence-electron chi connectivity index (χ3n) is 4.57. The van der Waals surface area contributed by atoms with Gasteiger partial charge in [0.25, 0.3) is 0 Å². The molecule has 1 N–H and O–H groups in total. The molecule has 0 aliphatic carbocycles. The SMILES string of the molecule is O=CC(COC(=O)C(O)(c1cccc(Cl)c1)c1cccc(Cl)c1)c1ccccc1. The summed E-state index contributed by atoms with van der Waals surface area (Å²) in [4.78, 5) is 24.6. The minimum Gasteiger partial charge on any atom is -0.462 e. The van der Waals surface area contributed by atoms with Gasteiger partial charge in [-0.1, -0.05) is 77.8 Å². The van der Waals surface area contributed by atoms with Crippen molar-refractivity contribution in [3.63, 3.8) is 0 Å². The number of benzene rings is 3. The molecule has 0 spiro atoms. The highest BCUT2D eigenvalue weighted by molar-refractivity contribution is 6.31. The van der Waals surface area contributed by atoms with Crippen molar-refractivity contribution in [1.29, 1.82) is 0 Å². The Hall–Kier alpha value is -2.66. The molecule has 4 nitrogen and oxygen atoms in total. The van der Waals surface area contributed by atoms with Crippen LogP contribution in [-0.4, -0.2) is 24.0 Å². The third kappa shape index (κ3) is 4.67. The molecule has 0 bridgehead atoms. The Morgan fingerprint density at radius 3 is 1.97 bits per heavy atom. The largest absolute Gasteiger partial charge is 0.462 e. The summed E-state index contributed by atoms with van der Waals surface area (Å²) in [6.07, 6.45) is 0.709. The Bertz CT molecular complexity index is 959. The van der Waals surface area contributed by atoms with E-state index in [4.69, 9.17) is 27.9 Å². The molecule has 3 aromatic rings. The summed E-state index contributed by atoms with van der Waals surface area (Å²) in [7, 11) is 0. The predicted octanol–water partition coefficient (Wildman–Crippen LogP) is 4.76. The zero-order chi connectivity index (χ0) is 20.9. The van der Waals surface area contributed by atoms with Crippen molar-refractivity contribution in [3.05, 3.63) is 106 Å². The van der Waals surface area contributed by atoms with Crippen molar-refractivity contribution in [2.24, 2.45) is 0 Å². The molecule has 0 heterocycles. The maximum absolute atomic E-state index is 13.1. The van der Waals surface area contributed by atoms with Crippen molar-refractivity contribution in [2.45, 2.75) is 11.5 Å². The molecular weight excluding hydrogens is 411 g/mol. The summed E-state index contributed by atoms with van der Waals surface area (Å²) in [5.41, 5.74) is -0.955. The number of aliphatic hydroxyl groups is 1. The van der Waals surface area contributed by atoms with Crippen LogP contribution in [0.2, 0.25) is 10.0 Å². The quantitative estimate of drug-likeness (QED) is 0.435. The number of ether oxygens (including phenoxy) is 1. The molecule has 3 rings (SSSR count). The lowest BCUT2D eigenvalue weighted by Crippen LogP contribution is -2.39. The van der Waals surface area contributed by atoms with Crippen LogP contribution in [0.4, 0.5) is 0 Å². The summed E-state index contributed by atoms with van der Waals surface area (Å²) >= 11 is 12.1. The van der Waals surface area contributed by atoms with Crippen LogP contribution in [0.15, 0.2) is 78.9 Å². The van der Waals surface area contributed by atoms with Gasteiger partial charge in [0, 0.05) is 21.2 Å². The van der Waals surface area contributed by atoms with Crippen LogP contribution in [0.25, 0.3) is 0 Å². The van der Waals surface area contributed by atoms with Gasteiger partial charge in [-0.3, -0.25) is 0 Å². The fraction of sp³-hybridized carbons (Fsp3) is 0.130.